The molecule has 0 rings (SSSR count). The van der Waals surface area contributed by atoms with Gasteiger partial charge in [0, 0.05) is 19.3 Å². The highest BCUT2D eigenvalue weighted by molar-refractivity contribution is 5.71. The Morgan fingerprint density at radius 1 is 0.317 bits per heavy atom. The van der Waals surface area contributed by atoms with E-state index in [9.17, 15) is 14.4 Å². The van der Waals surface area contributed by atoms with E-state index in [2.05, 4.69) is 69.4 Å². The molecule has 0 aromatic rings. The van der Waals surface area contributed by atoms with Crippen LogP contribution in [0.2, 0.25) is 0 Å². The van der Waals surface area contributed by atoms with E-state index in [0.29, 0.717) is 19.3 Å². The Kier molecular flexibility index (Phi) is 49.8. The first-order valence-corrected chi connectivity index (χ1v) is 27.1. The van der Waals surface area contributed by atoms with Crippen molar-refractivity contribution in [2.45, 2.75) is 284 Å². The van der Waals surface area contributed by atoms with Crippen molar-refractivity contribution in [3.05, 3.63) is 48.6 Å². The normalized spacial score (nSPS) is 12.4. The Morgan fingerprint density at radius 2 is 0.571 bits per heavy atom. The Bertz CT molecular complexity index is 1110. The second kappa shape index (κ2) is 52.0. The summed E-state index contributed by atoms with van der Waals surface area (Å²) in [4.78, 5) is 38.0. The second-order valence-corrected chi connectivity index (χ2v) is 18.1. The van der Waals surface area contributed by atoms with Crippen LogP contribution >= 0.6 is 0 Å². The Balaban J connectivity index is 4.37. The molecule has 0 saturated carbocycles. The van der Waals surface area contributed by atoms with E-state index in [1.165, 1.54) is 167 Å². The average Bonchev–Trinajstić information content (AvgIpc) is 3.28. The van der Waals surface area contributed by atoms with Crippen LogP contribution in [0.15, 0.2) is 48.6 Å². The molecule has 366 valence electrons. The van der Waals surface area contributed by atoms with Crippen LogP contribution in [-0.2, 0) is 28.6 Å². The maximum Gasteiger partial charge on any atom is 0.306 e. The van der Waals surface area contributed by atoms with Gasteiger partial charge in [0.05, 0.1) is 0 Å². The van der Waals surface area contributed by atoms with Gasteiger partial charge in [0.2, 0.25) is 0 Å². The molecule has 0 aromatic carbocycles. The minimum absolute atomic E-state index is 0.0866. The molecule has 0 spiro atoms. The predicted octanol–water partition coefficient (Wildman–Crippen LogP) is 17.9. The standard InChI is InChI=1S/C57H102O6/c1-4-7-10-13-16-19-22-24-26-27-28-29-31-32-35-38-41-44-47-50-56(59)62-53-54(52-61-55(58)49-46-43-40-37-34-21-18-15-12-9-6-3)63-57(60)51-48-45-42-39-36-33-30-25-23-20-17-14-11-8-5-2/h17,20,24-26,30,36,39,54H,4-16,18-19,21-23,27-29,31-35,37-38,40-53H2,1-3H3/b20-17-,26-24-,30-25-,39-36-/t54-/m0/s1. The maximum atomic E-state index is 12.8. The van der Waals surface area contributed by atoms with E-state index in [-0.39, 0.29) is 37.5 Å². The van der Waals surface area contributed by atoms with Crippen molar-refractivity contribution in [2.24, 2.45) is 0 Å². The first-order chi connectivity index (χ1) is 31.0. The van der Waals surface area contributed by atoms with Crippen LogP contribution in [0, 0.1) is 0 Å². The molecule has 6 nitrogen and oxygen atoms in total. The number of rotatable bonds is 49. The number of hydrogen-bond donors (Lipinski definition) is 0. The lowest BCUT2D eigenvalue weighted by molar-refractivity contribution is -0.167. The molecule has 0 radical (unpaired) electrons. The molecule has 0 bridgehead atoms. The molecule has 1 atom stereocenters. The van der Waals surface area contributed by atoms with E-state index in [0.717, 1.165) is 64.2 Å². The SMILES string of the molecule is CCCCC/C=C\C/C=C\C/C=C\CCCCC(=O)O[C@H](COC(=O)CCCCCCCCCCC/C=C\CCCCCCCC)COC(=O)CCCCCCCCCCCCC. The summed E-state index contributed by atoms with van der Waals surface area (Å²) in [5.41, 5.74) is 0. The summed E-state index contributed by atoms with van der Waals surface area (Å²) < 4.78 is 16.8. The van der Waals surface area contributed by atoms with Crippen LogP contribution in [0.4, 0.5) is 0 Å². The zero-order chi connectivity index (χ0) is 45.8. The van der Waals surface area contributed by atoms with Gasteiger partial charge in [-0.05, 0) is 83.5 Å². The first kappa shape index (κ1) is 60.4. The van der Waals surface area contributed by atoms with Crippen molar-refractivity contribution in [2.75, 3.05) is 13.2 Å². The Morgan fingerprint density at radius 3 is 0.968 bits per heavy atom. The number of ether oxygens (including phenoxy) is 3. The molecule has 0 saturated heterocycles. The topological polar surface area (TPSA) is 78.9 Å². The molecule has 0 heterocycles. The zero-order valence-corrected chi connectivity index (χ0v) is 41.8. The molecule has 0 aliphatic carbocycles. The monoisotopic (exact) mass is 883 g/mol. The summed E-state index contributed by atoms with van der Waals surface area (Å²) in [7, 11) is 0. The third-order valence-electron chi connectivity index (χ3n) is 11.8. The van der Waals surface area contributed by atoms with Gasteiger partial charge in [0.1, 0.15) is 13.2 Å². The number of unbranched alkanes of at least 4 members (excludes halogenated alkanes) is 30. The van der Waals surface area contributed by atoms with Crippen LogP contribution in [0.5, 0.6) is 0 Å². The third kappa shape index (κ3) is 50.2. The maximum absolute atomic E-state index is 12.8. The van der Waals surface area contributed by atoms with Gasteiger partial charge in [-0.25, -0.2) is 0 Å². The molecule has 0 aliphatic rings. The number of allylic oxidation sites excluding steroid dienone is 8. The van der Waals surface area contributed by atoms with Crippen molar-refractivity contribution in [3.8, 4) is 0 Å². The van der Waals surface area contributed by atoms with Crippen LogP contribution in [0.3, 0.4) is 0 Å². The van der Waals surface area contributed by atoms with Gasteiger partial charge in [0.15, 0.2) is 6.10 Å². The van der Waals surface area contributed by atoms with Gasteiger partial charge in [-0.15, -0.1) is 0 Å². The number of hydrogen-bond acceptors (Lipinski definition) is 6. The van der Waals surface area contributed by atoms with Crippen LogP contribution < -0.4 is 0 Å². The summed E-state index contributed by atoms with van der Waals surface area (Å²) >= 11 is 0. The summed E-state index contributed by atoms with van der Waals surface area (Å²) in [5, 5.41) is 0. The largest absolute Gasteiger partial charge is 0.462 e. The van der Waals surface area contributed by atoms with Crippen molar-refractivity contribution in [1.29, 1.82) is 0 Å². The van der Waals surface area contributed by atoms with Gasteiger partial charge in [-0.3, -0.25) is 14.4 Å². The predicted molar refractivity (Wildman–Crippen MR) is 270 cm³/mol. The van der Waals surface area contributed by atoms with Gasteiger partial charge in [0.25, 0.3) is 0 Å². The molecule has 0 unspecified atom stereocenters. The summed E-state index contributed by atoms with van der Waals surface area (Å²) in [5.74, 6) is -0.919. The van der Waals surface area contributed by atoms with Crippen molar-refractivity contribution < 1.29 is 28.6 Å². The molecule has 0 fully saturated rings. The van der Waals surface area contributed by atoms with E-state index in [1.54, 1.807) is 0 Å². The van der Waals surface area contributed by atoms with E-state index in [1.807, 2.05) is 0 Å². The van der Waals surface area contributed by atoms with Gasteiger partial charge in [-0.1, -0.05) is 223 Å². The second-order valence-electron chi connectivity index (χ2n) is 18.1. The number of esters is 3. The van der Waals surface area contributed by atoms with Crippen LogP contribution in [0.25, 0.3) is 0 Å². The lowest BCUT2D eigenvalue weighted by Gasteiger charge is -2.18. The molecular formula is C57H102O6. The molecule has 0 aromatic heterocycles. The van der Waals surface area contributed by atoms with Crippen LogP contribution in [-0.4, -0.2) is 37.2 Å². The van der Waals surface area contributed by atoms with E-state index in [4.69, 9.17) is 14.2 Å². The van der Waals surface area contributed by atoms with Gasteiger partial charge in [-0.2, -0.15) is 0 Å². The van der Waals surface area contributed by atoms with Gasteiger partial charge < -0.3 is 14.2 Å². The van der Waals surface area contributed by atoms with Crippen LogP contribution in [0.1, 0.15) is 278 Å². The molecular weight excluding hydrogens is 781 g/mol. The lowest BCUT2D eigenvalue weighted by Crippen LogP contribution is -2.30. The van der Waals surface area contributed by atoms with E-state index < -0.39 is 6.10 Å². The highest BCUT2D eigenvalue weighted by Crippen LogP contribution is 2.15. The highest BCUT2D eigenvalue weighted by atomic mass is 16.6. The summed E-state index contributed by atoms with van der Waals surface area (Å²) in [6, 6.07) is 0. The van der Waals surface area contributed by atoms with Crippen molar-refractivity contribution in [1.82, 2.24) is 0 Å². The van der Waals surface area contributed by atoms with Crippen molar-refractivity contribution >= 4 is 17.9 Å². The van der Waals surface area contributed by atoms with Crippen molar-refractivity contribution in [3.63, 3.8) is 0 Å². The Labute approximate surface area is 390 Å². The molecule has 0 N–H and O–H groups in total. The molecule has 0 amide bonds. The number of carbonyl (C=O) groups is 3. The minimum Gasteiger partial charge on any atom is -0.462 e. The third-order valence-corrected chi connectivity index (χ3v) is 11.8. The summed E-state index contributed by atoms with van der Waals surface area (Å²) in [6.07, 6.45) is 62.4. The fourth-order valence-electron chi connectivity index (χ4n) is 7.68. The van der Waals surface area contributed by atoms with Gasteiger partial charge >= 0.3 is 17.9 Å². The molecule has 63 heavy (non-hydrogen) atoms. The fourth-order valence-corrected chi connectivity index (χ4v) is 7.68. The lowest BCUT2D eigenvalue weighted by atomic mass is 10.1. The zero-order valence-electron chi connectivity index (χ0n) is 41.8. The first-order valence-electron chi connectivity index (χ1n) is 27.1. The quantitative estimate of drug-likeness (QED) is 0.0262. The fraction of sp³-hybridized carbons (Fsp3) is 0.807. The molecule has 0 aliphatic heterocycles. The highest BCUT2D eigenvalue weighted by Gasteiger charge is 2.19. The summed E-state index contributed by atoms with van der Waals surface area (Å²) in [6.45, 7) is 6.58. The molecule has 6 heteroatoms. The average molecular weight is 883 g/mol. The number of carbonyl (C=O) groups excluding carboxylic acids is 3. The Hall–Kier alpha value is -2.63. The smallest absolute Gasteiger partial charge is 0.306 e. The minimum atomic E-state index is -0.790. The van der Waals surface area contributed by atoms with E-state index >= 15 is 0 Å².